The molecule has 0 aliphatic carbocycles. The zero-order valence-electron chi connectivity index (χ0n) is 11.5. The van der Waals surface area contributed by atoms with Crippen LogP contribution in [0, 0.1) is 6.92 Å². The van der Waals surface area contributed by atoms with Crippen LogP contribution in [0.2, 0.25) is 0 Å². The number of amides is 1. The van der Waals surface area contributed by atoms with Gasteiger partial charge in [-0.25, -0.2) is 4.98 Å². The molecule has 0 bridgehead atoms. The number of aryl methyl sites for hydroxylation is 2. The van der Waals surface area contributed by atoms with Gasteiger partial charge in [0.05, 0.1) is 5.01 Å². The van der Waals surface area contributed by atoms with Gasteiger partial charge < -0.3 is 10.3 Å². The van der Waals surface area contributed by atoms with E-state index in [1.54, 1.807) is 11.3 Å². The second-order valence-electron chi connectivity index (χ2n) is 4.69. The lowest BCUT2D eigenvalue weighted by Gasteiger charge is -2.09. The first-order valence-electron chi connectivity index (χ1n) is 6.48. The van der Waals surface area contributed by atoms with Crippen molar-refractivity contribution in [2.45, 2.75) is 33.1 Å². The van der Waals surface area contributed by atoms with Crippen molar-refractivity contribution in [2.24, 2.45) is 0 Å². The van der Waals surface area contributed by atoms with E-state index in [1.807, 2.05) is 24.4 Å². The standard InChI is InChI=1S/C14H19N3OS/c1-4-11-5-6-12(17-11)13(18)15-7-9(2)14-16-10(3)8-19-14/h5-6,8-9,17H,4,7H2,1-3H3,(H,15,18)/t9-/m0/s1. The number of hydrogen-bond donors (Lipinski definition) is 2. The molecule has 1 atom stereocenters. The molecule has 1 amide bonds. The number of thiazole rings is 1. The summed E-state index contributed by atoms with van der Waals surface area (Å²) < 4.78 is 0. The van der Waals surface area contributed by atoms with Crippen LogP contribution < -0.4 is 5.32 Å². The SMILES string of the molecule is CCc1ccc(C(=O)NC[C@H](C)c2nc(C)cs2)[nH]1. The Labute approximate surface area is 117 Å². The van der Waals surface area contributed by atoms with Gasteiger partial charge in [0.15, 0.2) is 0 Å². The predicted molar refractivity (Wildman–Crippen MR) is 77.8 cm³/mol. The van der Waals surface area contributed by atoms with Crippen LogP contribution in [-0.4, -0.2) is 22.4 Å². The third-order valence-electron chi connectivity index (χ3n) is 3.00. The highest BCUT2D eigenvalue weighted by atomic mass is 32.1. The number of nitrogens with one attached hydrogen (secondary N) is 2. The van der Waals surface area contributed by atoms with Gasteiger partial charge >= 0.3 is 0 Å². The average molecular weight is 277 g/mol. The Balaban J connectivity index is 1.89. The zero-order chi connectivity index (χ0) is 13.8. The van der Waals surface area contributed by atoms with Crippen LogP contribution in [0.5, 0.6) is 0 Å². The normalized spacial score (nSPS) is 12.4. The topological polar surface area (TPSA) is 57.8 Å². The van der Waals surface area contributed by atoms with E-state index in [9.17, 15) is 4.79 Å². The van der Waals surface area contributed by atoms with E-state index < -0.39 is 0 Å². The molecular formula is C14H19N3OS. The summed E-state index contributed by atoms with van der Waals surface area (Å²) in [6.45, 7) is 6.72. The molecule has 5 heteroatoms. The van der Waals surface area contributed by atoms with Gasteiger partial charge in [-0.1, -0.05) is 13.8 Å². The van der Waals surface area contributed by atoms with Gasteiger partial charge in [-0.15, -0.1) is 11.3 Å². The summed E-state index contributed by atoms with van der Waals surface area (Å²) in [6.07, 6.45) is 0.905. The van der Waals surface area contributed by atoms with Crippen LogP contribution in [0.3, 0.4) is 0 Å². The molecule has 0 fully saturated rings. The minimum absolute atomic E-state index is 0.0557. The molecule has 0 aromatic carbocycles. The number of hydrogen-bond acceptors (Lipinski definition) is 3. The first-order chi connectivity index (χ1) is 9.10. The van der Waals surface area contributed by atoms with E-state index in [4.69, 9.17) is 0 Å². The minimum Gasteiger partial charge on any atom is -0.354 e. The maximum absolute atomic E-state index is 12.0. The Morgan fingerprint density at radius 3 is 2.89 bits per heavy atom. The second-order valence-corrected chi connectivity index (χ2v) is 5.58. The third-order valence-corrected chi connectivity index (χ3v) is 4.19. The van der Waals surface area contributed by atoms with E-state index in [1.165, 1.54) is 0 Å². The first kappa shape index (κ1) is 13.8. The fourth-order valence-corrected chi connectivity index (χ4v) is 2.66. The Morgan fingerprint density at radius 1 is 1.53 bits per heavy atom. The Bertz CT molecular complexity index is 559. The Kier molecular flexibility index (Phi) is 4.37. The van der Waals surface area contributed by atoms with Gasteiger partial charge in [0.2, 0.25) is 0 Å². The molecule has 0 saturated carbocycles. The molecular weight excluding hydrogens is 258 g/mol. The quantitative estimate of drug-likeness (QED) is 0.883. The van der Waals surface area contributed by atoms with Gasteiger partial charge in [-0.2, -0.15) is 0 Å². The molecule has 0 unspecified atom stereocenters. The monoisotopic (exact) mass is 277 g/mol. The number of carbonyl (C=O) groups is 1. The van der Waals surface area contributed by atoms with Crippen molar-refractivity contribution in [3.63, 3.8) is 0 Å². The number of H-pyrrole nitrogens is 1. The number of carbonyl (C=O) groups excluding carboxylic acids is 1. The smallest absolute Gasteiger partial charge is 0.267 e. The van der Waals surface area contributed by atoms with Crippen LogP contribution in [-0.2, 0) is 6.42 Å². The largest absolute Gasteiger partial charge is 0.354 e. The van der Waals surface area contributed by atoms with E-state index in [-0.39, 0.29) is 11.8 Å². The van der Waals surface area contributed by atoms with Crippen LogP contribution in [0.15, 0.2) is 17.5 Å². The van der Waals surface area contributed by atoms with E-state index >= 15 is 0 Å². The summed E-state index contributed by atoms with van der Waals surface area (Å²) in [4.78, 5) is 19.5. The molecule has 2 rings (SSSR count). The number of aromatic nitrogens is 2. The summed E-state index contributed by atoms with van der Waals surface area (Å²) in [5.74, 6) is 0.183. The van der Waals surface area contributed by atoms with Gasteiger partial charge in [0, 0.05) is 29.2 Å². The van der Waals surface area contributed by atoms with Crippen LogP contribution >= 0.6 is 11.3 Å². The summed E-state index contributed by atoms with van der Waals surface area (Å²) in [7, 11) is 0. The number of aromatic amines is 1. The van der Waals surface area contributed by atoms with Crippen molar-refractivity contribution in [3.05, 3.63) is 39.6 Å². The van der Waals surface area contributed by atoms with Crippen LogP contribution in [0.4, 0.5) is 0 Å². The first-order valence-corrected chi connectivity index (χ1v) is 7.36. The molecule has 0 aliphatic rings. The molecule has 102 valence electrons. The molecule has 0 spiro atoms. The van der Waals surface area contributed by atoms with Crippen molar-refractivity contribution in [1.29, 1.82) is 0 Å². The van der Waals surface area contributed by atoms with E-state index in [0.29, 0.717) is 12.2 Å². The van der Waals surface area contributed by atoms with E-state index in [0.717, 1.165) is 22.8 Å². The molecule has 2 heterocycles. The van der Waals surface area contributed by atoms with Gasteiger partial charge in [-0.3, -0.25) is 4.79 Å². The highest BCUT2D eigenvalue weighted by Crippen LogP contribution is 2.18. The second kappa shape index (κ2) is 6.02. The lowest BCUT2D eigenvalue weighted by Crippen LogP contribution is -2.27. The van der Waals surface area contributed by atoms with Crippen LogP contribution in [0.1, 0.15) is 46.6 Å². The van der Waals surface area contributed by atoms with E-state index in [2.05, 4.69) is 29.1 Å². The lowest BCUT2D eigenvalue weighted by molar-refractivity contribution is 0.0947. The number of rotatable bonds is 5. The molecule has 4 nitrogen and oxygen atoms in total. The fourth-order valence-electron chi connectivity index (χ4n) is 1.81. The van der Waals surface area contributed by atoms with Gasteiger partial charge in [0.1, 0.15) is 5.69 Å². The highest BCUT2D eigenvalue weighted by Gasteiger charge is 2.13. The molecule has 0 radical (unpaired) electrons. The highest BCUT2D eigenvalue weighted by molar-refractivity contribution is 7.09. The number of nitrogens with zero attached hydrogens (tertiary/aromatic N) is 1. The zero-order valence-corrected chi connectivity index (χ0v) is 12.3. The summed E-state index contributed by atoms with van der Waals surface area (Å²) >= 11 is 1.64. The third kappa shape index (κ3) is 3.44. The maximum atomic E-state index is 12.0. The Hall–Kier alpha value is -1.62. The molecule has 0 saturated heterocycles. The fraction of sp³-hybridized carbons (Fsp3) is 0.429. The minimum atomic E-state index is -0.0557. The molecule has 0 aliphatic heterocycles. The maximum Gasteiger partial charge on any atom is 0.267 e. The average Bonchev–Trinajstić information content (AvgIpc) is 3.04. The van der Waals surface area contributed by atoms with Gasteiger partial charge in [-0.05, 0) is 25.5 Å². The van der Waals surface area contributed by atoms with Gasteiger partial charge in [0.25, 0.3) is 5.91 Å². The van der Waals surface area contributed by atoms with Crippen molar-refractivity contribution < 1.29 is 4.79 Å². The van der Waals surface area contributed by atoms with Crippen molar-refractivity contribution in [3.8, 4) is 0 Å². The summed E-state index contributed by atoms with van der Waals surface area (Å²) in [5, 5.41) is 6.04. The Morgan fingerprint density at radius 2 is 2.32 bits per heavy atom. The van der Waals surface area contributed by atoms with Crippen molar-refractivity contribution in [1.82, 2.24) is 15.3 Å². The summed E-state index contributed by atoms with van der Waals surface area (Å²) in [6, 6.07) is 3.77. The summed E-state index contributed by atoms with van der Waals surface area (Å²) in [5.41, 5.74) is 2.74. The predicted octanol–water partition coefficient (Wildman–Crippen LogP) is 2.88. The lowest BCUT2D eigenvalue weighted by atomic mass is 10.2. The van der Waals surface area contributed by atoms with Crippen LogP contribution in [0.25, 0.3) is 0 Å². The molecule has 2 aromatic heterocycles. The van der Waals surface area contributed by atoms with Crippen molar-refractivity contribution >= 4 is 17.2 Å². The molecule has 2 aromatic rings. The molecule has 19 heavy (non-hydrogen) atoms. The molecule has 2 N–H and O–H groups in total. The van der Waals surface area contributed by atoms with Crippen molar-refractivity contribution in [2.75, 3.05) is 6.54 Å².